The van der Waals surface area contributed by atoms with Crippen molar-refractivity contribution >= 4 is 0 Å². The van der Waals surface area contributed by atoms with Gasteiger partial charge in [0.2, 0.25) is 0 Å². The molecule has 1 atom stereocenters. The minimum Gasteiger partial charge on any atom is -0.508 e. The van der Waals surface area contributed by atoms with Crippen molar-refractivity contribution in [3.63, 3.8) is 0 Å². The van der Waals surface area contributed by atoms with Crippen molar-refractivity contribution in [1.82, 2.24) is 0 Å². The fourth-order valence-electron chi connectivity index (χ4n) is 1.34. The van der Waals surface area contributed by atoms with E-state index in [4.69, 9.17) is 5.73 Å². The van der Waals surface area contributed by atoms with E-state index in [-0.39, 0.29) is 6.04 Å². The number of phenolic OH excluding ortho intramolecular Hbond substituents is 1. The standard InChI is InChI=1S/C11H17NO/c1-3-8-5-6-9(10(12)4-2)11(13)7-8/h5-7,10,13H,3-4,12H2,1-2H3/t10-/m0/s1. The van der Waals surface area contributed by atoms with Crippen molar-refractivity contribution in [2.75, 3.05) is 0 Å². The Bertz CT molecular complexity index is 283. The SMILES string of the molecule is CCc1ccc([C@@H](N)CC)c(O)c1. The van der Waals surface area contributed by atoms with E-state index >= 15 is 0 Å². The maximum atomic E-state index is 9.64. The average Bonchev–Trinajstić information content (AvgIpc) is 2.16. The van der Waals surface area contributed by atoms with Gasteiger partial charge in [-0.15, -0.1) is 0 Å². The Morgan fingerprint density at radius 1 is 1.38 bits per heavy atom. The maximum absolute atomic E-state index is 9.64. The molecule has 72 valence electrons. The van der Waals surface area contributed by atoms with Crippen LogP contribution in [0.15, 0.2) is 18.2 Å². The largest absolute Gasteiger partial charge is 0.508 e. The van der Waals surface area contributed by atoms with Gasteiger partial charge in [-0.1, -0.05) is 26.0 Å². The van der Waals surface area contributed by atoms with E-state index in [2.05, 4.69) is 6.92 Å². The molecule has 0 amide bonds. The quantitative estimate of drug-likeness (QED) is 0.748. The Labute approximate surface area is 79.4 Å². The van der Waals surface area contributed by atoms with Crippen molar-refractivity contribution in [2.45, 2.75) is 32.7 Å². The third kappa shape index (κ3) is 2.22. The van der Waals surface area contributed by atoms with Crippen LogP contribution >= 0.6 is 0 Å². The van der Waals surface area contributed by atoms with Gasteiger partial charge >= 0.3 is 0 Å². The van der Waals surface area contributed by atoms with Gasteiger partial charge in [-0.2, -0.15) is 0 Å². The Kier molecular flexibility index (Phi) is 3.32. The molecule has 2 heteroatoms. The van der Waals surface area contributed by atoms with E-state index in [0.717, 1.165) is 24.0 Å². The van der Waals surface area contributed by atoms with Crippen molar-refractivity contribution in [3.8, 4) is 5.75 Å². The van der Waals surface area contributed by atoms with E-state index in [1.165, 1.54) is 0 Å². The Morgan fingerprint density at radius 2 is 2.08 bits per heavy atom. The second-order valence-corrected chi connectivity index (χ2v) is 3.26. The van der Waals surface area contributed by atoms with Crippen molar-refractivity contribution in [3.05, 3.63) is 29.3 Å². The third-order valence-corrected chi connectivity index (χ3v) is 2.34. The summed E-state index contributed by atoms with van der Waals surface area (Å²) in [5.41, 5.74) is 7.82. The summed E-state index contributed by atoms with van der Waals surface area (Å²) in [6.45, 7) is 4.08. The minimum absolute atomic E-state index is 0.0501. The van der Waals surface area contributed by atoms with E-state index in [9.17, 15) is 5.11 Å². The molecule has 1 aromatic rings. The molecule has 0 saturated heterocycles. The van der Waals surface area contributed by atoms with E-state index in [1.807, 2.05) is 19.1 Å². The molecule has 0 bridgehead atoms. The summed E-state index contributed by atoms with van der Waals surface area (Å²) >= 11 is 0. The van der Waals surface area contributed by atoms with Crippen LogP contribution in [0, 0.1) is 0 Å². The molecular weight excluding hydrogens is 162 g/mol. The highest BCUT2D eigenvalue weighted by atomic mass is 16.3. The van der Waals surface area contributed by atoms with Crippen LogP contribution in [0.2, 0.25) is 0 Å². The van der Waals surface area contributed by atoms with Gasteiger partial charge in [0.15, 0.2) is 0 Å². The normalized spacial score (nSPS) is 12.8. The highest BCUT2D eigenvalue weighted by molar-refractivity contribution is 5.38. The number of hydrogen-bond acceptors (Lipinski definition) is 2. The van der Waals surface area contributed by atoms with Gasteiger partial charge in [0.1, 0.15) is 5.75 Å². The molecule has 0 radical (unpaired) electrons. The predicted molar refractivity (Wildman–Crippen MR) is 54.7 cm³/mol. The highest BCUT2D eigenvalue weighted by Crippen LogP contribution is 2.25. The molecule has 0 aliphatic heterocycles. The zero-order valence-electron chi connectivity index (χ0n) is 8.25. The molecule has 0 saturated carbocycles. The van der Waals surface area contributed by atoms with Gasteiger partial charge in [0.05, 0.1) is 0 Å². The molecule has 0 aromatic heterocycles. The number of nitrogens with two attached hydrogens (primary N) is 1. The lowest BCUT2D eigenvalue weighted by Crippen LogP contribution is -2.08. The number of benzene rings is 1. The Balaban J connectivity index is 2.98. The van der Waals surface area contributed by atoms with E-state index < -0.39 is 0 Å². The first-order valence-electron chi connectivity index (χ1n) is 4.76. The molecule has 0 unspecified atom stereocenters. The lowest BCUT2D eigenvalue weighted by molar-refractivity contribution is 0.459. The van der Waals surface area contributed by atoms with Crippen LogP contribution in [0.3, 0.4) is 0 Å². The Morgan fingerprint density at radius 3 is 2.54 bits per heavy atom. The summed E-state index contributed by atoms with van der Waals surface area (Å²) in [5, 5.41) is 9.64. The van der Waals surface area contributed by atoms with Gasteiger partial charge in [-0.3, -0.25) is 0 Å². The van der Waals surface area contributed by atoms with Crippen LogP contribution in [-0.4, -0.2) is 5.11 Å². The number of hydrogen-bond donors (Lipinski definition) is 2. The summed E-state index contributed by atoms with van der Waals surface area (Å²) in [6.07, 6.45) is 1.79. The molecule has 0 aliphatic carbocycles. The molecule has 0 heterocycles. The third-order valence-electron chi connectivity index (χ3n) is 2.34. The maximum Gasteiger partial charge on any atom is 0.120 e. The summed E-state index contributed by atoms with van der Waals surface area (Å²) < 4.78 is 0. The van der Waals surface area contributed by atoms with Gasteiger partial charge in [-0.05, 0) is 24.5 Å². The van der Waals surface area contributed by atoms with Crippen LogP contribution < -0.4 is 5.73 Å². The van der Waals surface area contributed by atoms with Crippen molar-refractivity contribution < 1.29 is 5.11 Å². The Hall–Kier alpha value is -1.02. The van der Waals surface area contributed by atoms with Crippen molar-refractivity contribution in [2.24, 2.45) is 5.73 Å². The molecule has 1 aromatic carbocycles. The van der Waals surface area contributed by atoms with Gasteiger partial charge in [-0.25, -0.2) is 0 Å². The van der Waals surface area contributed by atoms with E-state index in [1.54, 1.807) is 6.07 Å². The lowest BCUT2D eigenvalue weighted by atomic mass is 10.0. The van der Waals surface area contributed by atoms with Crippen LogP contribution in [0.5, 0.6) is 5.75 Å². The van der Waals surface area contributed by atoms with Crippen molar-refractivity contribution in [1.29, 1.82) is 0 Å². The van der Waals surface area contributed by atoms with Crippen LogP contribution in [-0.2, 0) is 6.42 Å². The first kappa shape index (κ1) is 10.1. The van der Waals surface area contributed by atoms with E-state index in [0.29, 0.717) is 5.75 Å². The monoisotopic (exact) mass is 179 g/mol. The molecule has 2 nitrogen and oxygen atoms in total. The summed E-state index contributed by atoms with van der Waals surface area (Å²) in [7, 11) is 0. The fourth-order valence-corrected chi connectivity index (χ4v) is 1.34. The molecule has 13 heavy (non-hydrogen) atoms. The van der Waals surface area contributed by atoms with Gasteiger partial charge in [0.25, 0.3) is 0 Å². The molecule has 0 spiro atoms. The van der Waals surface area contributed by atoms with Crippen LogP contribution in [0.4, 0.5) is 0 Å². The number of aryl methyl sites for hydroxylation is 1. The van der Waals surface area contributed by atoms with Gasteiger partial charge in [0, 0.05) is 11.6 Å². The molecule has 3 N–H and O–H groups in total. The van der Waals surface area contributed by atoms with Crippen LogP contribution in [0.1, 0.15) is 37.4 Å². The van der Waals surface area contributed by atoms with Gasteiger partial charge < -0.3 is 10.8 Å². The fraction of sp³-hybridized carbons (Fsp3) is 0.455. The second kappa shape index (κ2) is 4.28. The van der Waals surface area contributed by atoms with Crippen LogP contribution in [0.25, 0.3) is 0 Å². The lowest BCUT2D eigenvalue weighted by Gasteiger charge is -2.11. The zero-order valence-corrected chi connectivity index (χ0v) is 8.25. The summed E-state index contributed by atoms with van der Waals surface area (Å²) in [4.78, 5) is 0. The topological polar surface area (TPSA) is 46.2 Å². The zero-order chi connectivity index (χ0) is 9.84. The second-order valence-electron chi connectivity index (χ2n) is 3.26. The summed E-state index contributed by atoms with van der Waals surface area (Å²) in [5.74, 6) is 0.328. The number of rotatable bonds is 3. The first-order valence-corrected chi connectivity index (χ1v) is 4.76. The molecule has 0 aliphatic rings. The molecule has 1 rings (SSSR count). The number of phenols is 1. The highest BCUT2D eigenvalue weighted by Gasteiger charge is 2.08. The number of aromatic hydroxyl groups is 1. The minimum atomic E-state index is -0.0501. The first-order chi connectivity index (χ1) is 6.19. The average molecular weight is 179 g/mol. The molecular formula is C11H17NO. The summed E-state index contributed by atoms with van der Waals surface area (Å²) in [6, 6.07) is 5.68. The smallest absolute Gasteiger partial charge is 0.120 e. The molecule has 0 fully saturated rings. The predicted octanol–water partition coefficient (Wildman–Crippen LogP) is 2.36.